The molecular weight excluding hydrogens is 220 g/mol. The number of hydrogen-bond acceptors (Lipinski definition) is 2. The van der Waals surface area contributed by atoms with Crippen molar-refractivity contribution < 1.29 is 0 Å². The topological polar surface area (TPSA) is 16.1 Å². The van der Waals surface area contributed by atoms with Gasteiger partial charge in [-0.05, 0) is 36.8 Å². The standard InChI is InChI=1S/C13H19ClN2/c1-9-4-10(2)8-16(7-9)12-5-11(3)13(14)15-6-12/h5-6,9-10H,4,7-8H2,1-3H3. The van der Waals surface area contributed by atoms with Crippen molar-refractivity contribution in [3.05, 3.63) is 23.0 Å². The second-order valence-corrected chi connectivity index (χ2v) is 5.51. The first kappa shape index (κ1) is 11.7. The number of aromatic nitrogens is 1. The molecule has 2 nitrogen and oxygen atoms in total. The van der Waals surface area contributed by atoms with E-state index >= 15 is 0 Å². The first-order chi connectivity index (χ1) is 7.56. The van der Waals surface area contributed by atoms with Crippen LogP contribution in [0.2, 0.25) is 5.15 Å². The minimum Gasteiger partial charge on any atom is -0.370 e. The summed E-state index contributed by atoms with van der Waals surface area (Å²) in [5, 5.41) is 0.613. The van der Waals surface area contributed by atoms with E-state index in [0.717, 1.165) is 30.5 Å². The lowest BCUT2D eigenvalue weighted by atomic mass is 9.91. The van der Waals surface area contributed by atoms with Crippen LogP contribution in [0.4, 0.5) is 5.69 Å². The number of rotatable bonds is 1. The molecule has 16 heavy (non-hydrogen) atoms. The van der Waals surface area contributed by atoms with E-state index in [9.17, 15) is 0 Å². The molecule has 1 saturated heterocycles. The number of halogens is 1. The summed E-state index contributed by atoms with van der Waals surface area (Å²) in [5.74, 6) is 1.53. The maximum Gasteiger partial charge on any atom is 0.132 e. The van der Waals surface area contributed by atoms with Gasteiger partial charge in [-0.15, -0.1) is 0 Å². The van der Waals surface area contributed by atoms with Crippen LogP contribution in [-0.2, 0) is 0 Å². The van der Waals surface area contributed by atoms with Gasteiger partial charge in [-0.1, -0.05) is 25.4 Å². The third-order valence-corrected chi connectivity index (χ3v) is 3.63. The van der Waals surface area contributed by atoms with Crippen LogP contribution in [0.3, 0.4) is 0 Å². The molecule has 0 spiro atoms. The zero-order chi connectivity index (χ0) is 11.7. The Morgan fingerprint density at radius 3 is 2.50 bits per heavy atom. The van der Waals surface area contributed by atoms with Crippen LogP contribution in [0.15, 0.2) is 12.3 Å². The summed E-state index contributed by atoms with van der Waals surface area (Å²) in [6.07, 6.45) is 3.22. The molecule has 0 radical (unpaired) electrons. The van der Waals surface area contributed by atoms with Crippen molar-refractivity contribution in [2.75, 3.05) is 18.0 Å². The molecule has 2 atom stereocenters. The Balaban J connectivity index is 2.19. The van der Waals surface area contributed by atoms with E-state index in [-0.39, 0.29) is 0 Å². The Morgan fingerprint density at radius 2 is 1.94 bits per heavy atom. The summed E-state index contributed by atoms with van der Waals surface area (Å²) >= 11 is 5.95. The molecule has 0 aromatic carbocycles. The number of anilines is 1. The van der Waals surface area contributed by atoms with Gasteiger partial charge in [0.1, 0.15) is 5.15 Å². The highest BCUT2D eigenvalue weighted by molar-refractivity contribution is 6.30. The van der Waals surface area contributed by atoms with Crippen molar-refractivity contribution in [3.63, 3.8) is 0 Å². The maximum absolute atomic E-state index is 5.95. The molecule has 1 fully saturated rings. The normalized spacial score (nSPS) is 25.9. The minimum atomic E-state index is 0.613. The average Bonchev–Trinajstić information content (AvgIpc) is 2.20. The van der Waals surface area contributed by atoms with E-state index in [0.29, 0.717) is 5.15 Å². The van der Waals surface area contributed by atoms with Crippen LogP contribution in [-0.4, -0.2) is 18.1 Å². The third kappa shape index (κ3) is 2.49. The summed E-state index contributed by atoms with van der Waals surface area (Å²) < 4.78 is 0. The number of aryl methyl sites for hydroxylation is 1. The van der Waals surface area contributed by atoms with Crippen LogP contribution in [0.5, 0.6) is 0 Å². The number of nitrogens with zero attached hydrogens (tertiary/aromatic N) is 2. The maximum atomic E-state index is 5.95. The highest BCUT2D eigenvalue weighted by atomic mass is 35.5. The van der Waals surface area contributed by atoms with Crippen molar-refractivity contribution in [1.82, 2.24) is 4.98 Å². The van der Waals surface area contributed by atoms with E-state index in [1.807, 2.05) is 13.1 Å². The lowest BCUT2D eigenvalue weighted by Gasteiger charge is -2.36. The lowest BCUT2D eigenvalue weighted by molar-refractivity contribution is 0.356. The molecule has 1 aliphatic heterocycles. The average molecular weight is 239 g/mol. The SMILES string of the molecule is Cc1cc(N2CC(C)CC(C)C2)cnc1Cl. The van der Waals surface area contributed by atoms with Crippen LogP contribution in [0.1, 0.15) is 25.8 Å². The number of piperidine rings is 1. The summed E-state index contributed by atoms with van der Waals surface area (Å²) in [4.78, 5) is 6.65. The Labute approximate surface area is 103 Å². The van der Waals surface area contributed by atoms with Gasteiger partial charge >= 0.3 is 0 Å². The van der Waals surface area contributed by atoms with Gasteiger partial charge < -0.3 is 4.90 Å². The molecule has 0 N–H and O–H groups in total. The molecule has 0 aliphatic carbocycles. The molecule has 2 heterocycles. The van der Waals surface area contributed by atoms with Crippen LogP contribution in [0.25, 0.3) is 0 Å². The molecule has 0 amide bonds. The van der Waals surface area contributed by atoms with Gasteiger partial charge in [0.2, 0.25) is 0 Å². The van der Waals surface area contributed by atoms with Crippen LogP contribution >= 0.6 is 11.6 Å². The lowest BCUT2D eigenvalue weighted by Crippen LogP contribution is -2.38. The van der Waals surface area contributed by atoms with E-state index in [4.69, 9.17) is 11.6 Å². The van der Waals surface area contributed by atoms with E-state index in [1.165, 1.54) is 12.1 Å². The zero-order valence-electron chi connectivity index (χ0n) is 10.2. The molecule has 1 aliphatic rings. The molecule has 2 rings (SSSR count). The molecule has 3 heteroatoms. The molecule has 88 valence electrons. The Kier molecular flexibility index (Phi) is 3.38. The van der Waals surface area contributed by atoms with Crippen molar-refractivity contribution in [3.8, 4) is 0 Å². The molecule has 0 bridgehead atoms. The highest BCUT2D eigenvalue weighted by Crippen LogP contribution is 2.27. The van der Waals surface area contributed by atoms with Gasteiger partial charge in [-0.25, -0.2) is 4.98 Å². The zero-order valence-corrected chi connectivity index (χ0v) is 11.0. The second-order valence-electron chi connectivity index (χ2n) is 5.15. The van der Waals surface area contributed by atoms with Gasteiger partial charge in [0.25, 0.3) is 0 Å². The predicted molar refractivity (Wildman–Crippen MR) is 69.1 cm³/mol. The number of pyridine rings is 1. The Bertz CT molecular complexity index is 368. The van der Waals surface area contributed by atoms with Gasteiger partial charge in [0, 0.05) is 13.1 Å². The summed E-state index contributed by atoms with van der Waals surface area (Å²) in [6, 6.07) is 2.14. The number of hydrogen-bond donors (Lipinski definition) is 0. The molecule has 1 aromatic heterocycles. The van der Waals surface area contributed by atoms with Crippen molar-refractivity contribution in [1.29, 1.82) is 0 Å². The minimum absolute atomic E-state index is 0.613. The summed E-state index contributed by atoms with van der Waals surface area (Å²) in [6.45, 7) is 8.91. The van der Waals surface area contributed by atoms with Crippen molar-refractivity contribution >= 4 is 17.3 Å². The monoisotopic (exact) mass is 238 g/mol. The highest BCUT2D eigenvalue weighted by Gasteiger charge is 2.22. The Morgan fingerprint density at radius 1 is 1.31 bits per heavy atom. The van der Waals surface area contributed by atoms with Crippen molar-refractivity contribution in [2.45, 2.75) is 27.2 Å². The van der Waals surface area contributed by atoms with Crippen molar-refractivity contribution in [2.24, 2.45) is 11.8 Å². The fourth-order valence-corrected chi connectivity index (χ4v) is 2.69. The van der Waals surface area contributed by atoms with Crippen LogP contribution < -0.4 is 4.90 Å². The first-order valence-corrected chi connectivity index (χ1v) is 6.31. The molecule has 1 aromatic rings. The van der Waals surface area contributed by atoms with E-state index < -0.39 is 0 Å². The molecule has 2 unspecified atom stereocenters. The largest absolute Gasteiger partial charge is 0.370 e. The van der Waals surface area contributed by atoms with E-state index in [2.05, 4.69) is 29.8 Å². The quantitative estimate of drug-likeness (QED) is 0.696. The fraction of sp³-hybridized carbons (Fsp3) is 0.615. The van der Waals surface area contributed by atoms with Gasteiger partial charge in [0.15, 0.2) is 0 Å². The van der Waals surface area contributed by atoms with Crippen LogP contribution in [0, 0.1) is 18.8 Å². The molecular formula is C13H19ClN2. The fourth-order valence-electron chi connectivity index (χ4n) is 2.59. The Hall–Kier alpha value is -0.760. The summed E-state index contributed by atoms with van der Waals surface area (Å²) in [5.41, 5.74) is 2.27. The third-order valence-electron chi connectivity index (χ3n) is 3.23. The van der Waals surface area contributed by atoms with Gasteiger partial charge in [0.05, 0.1) is 11.9 Å². The first-order valence-electron chi connectivity index (χ1n) is 5.93. The molecule has 0 saturated carbocycles. The second kappa shape index (κ2) is 4.62. The predicted octanol–water partition coefficient (Wildman–Crippen LogP) is 3.53. The smallest absolute Gasteiger partial charge is 0.132 e. The van der Waals surface area contributed by atoms with Gasteiger partial charge in [-0.3, -0.25) is 0 Å². The van der Waals surface area contributed by atoms with E-state index in [1.54, 1.807) is 0 Å². The summed E-state index contributed by atoms with van der Waals surface area (Å²) in [7, 11) is 0. The van der Waals surface area contributed by atoms with Gasteiger partial charge in [-0.2, -0.15) is 0 Å².